The highest BCUT2D eigenvalue weighted by atomic mass is 79.9. The van der Waals surface area contributed by atoms with Crippen molar-refractivity contribution >= 4 is 15.9 Å². The summed E-state index contributed by atoms with van der Waals surface area (Å²) in [6, 6.07) is 5.03. The smallest absolute Gasteiger partial charge is 0.124 e. The Morgan fingerprint density at radius 3 is 2.42 bits per heavy atom. The third-order valence-electron chi connectivity index (χ3n) is 4.03. The summed E-state index contributed by atoms with van der Waals surface area (Å²) in [5.41, 5.74) is 0.895. The van der Waals surface area contributed by atoms with Gasteiger partial charge in [-0.1, -0.05) is 35.8 Å². The molecule has 0 heterocycles. The lowest BCUT2D eigenvalue weighted by atomic mass is 9.84. The van der Waals surface area contributed by atoms with E-state index in [9.17, 15) is 4.39 Å². The normalized spacial score (nSPS) is 13.6. The van der Waals surface area contributed by atoms with Crippen LogP contribution in [0.1, 0.15) is 32.3 Å². The maximum Gasteiger partial charge on any atom is 0.124 e. The minimum absolute atomic E-state index is 0.189. The van der Waals surface area contributed by atoms with Gasteiger partial charge in [-0.2, -0.15) is 0 Å². The summed E-state index contributed by atoms with van der Waals surface area (Å²) in [6.45, 7) is 4.27. The molecule has 0 spiro atoms. The zero-order valence-electron chi connectivity index (χ0n) is 12.1. The Balaban J connectivity index is 2.98. The van der Waals surface area contributed by atoms with Gasteiger partial charge in [0.25, 0.3) is 0 Å². The van der Waals surface area contributed by atoms with Gasteiger partial charge in [0.15, 0.2) is 0 Å². The summed E-state index contributed by atoms with van der Waals surface area (Å²) >= 11 is 3.43. The second kappa shape index (κ2) is 7.36. The van der Waals surface area contributed by atoms with Crippen LogP contribution in [0, 0.1) is 5.82 Å². The Labute approximate surface area is 123 Å². The molecule has 0 radical (unpaired) electrons. The average Bonchev–Trinajstić information content (AvgIpc) is 2.42. The first-order valence-electron chi connectivity index (χ1n) is 6.69. The predicted octanol–water partition coefficient (Wildman–Crippen LogP) is 3.92. The third-order valence-corrected chi connectivity index (χ3v) is 4.76. The highest BCUT2D eigenvalue weighted by Crippen LogP contribution is 2.28. The van der Waals surface area contributed by atoms with Crippen LogP contribution in [-0.2, 0) is 11.2 Å². The molecule has 4 heteroatoms. The van der Waals surface area contributed by atoms with E-state index in [1.807, 2.05) is 13.1 Å². The van der Waals surface area contributed by atoms with Crippen molar-refractivity contribution in [2.24, 2.45) is 0 Å². The van der Waals surface area contributed by atoms with Crippen molar-refractivity contribution in [2.75, 3.05) is 14.2 Å². The molecule has 1 N–H and O–H groups in total. The van der Waals surface area contributed by atoms with Crippen LogP contribution in [0.5, 0.6) is 0 Å². The number of benzene rings is 1. The van der Waals surface area contributed by atoms with Gasteiger partial charge in [-0.15, -0.1) is 0 Å². The zero-order chi connectivity index (χ0) is 14.5. The largest absolute Gasteiger partial charge is 0.377 e. The van der Waals surface area contributed by atoms with Gasteiger partial charge < -0.3 is 10.1 Å². The molecule has 0 amide bonds. The van der Waals surface area contributed by atoms with Gasteiger partial charge in [-0.3, -0.25) is 0 Å². The second-order valence-corrected chi connectivity index (χ2v) is 5.61. The Morgan fingerprint density at radius 2 is 2.00 bits per heavy atom. The molecule has 0 saturated heterocycles. The fourth-order valence-electron chi connectivity index (χ4n) is 2.63. The summed E-state index contributed by atoms with van der Waals surface area (Å²) in [4.78, 5) is 0. The lowest BCUT2D eigenvalue weighted by Gasteiger charge is -2.38. The Bertz CT molecular complexity index is 399. The first kappa shape index (κ1) is 16.6. The van der Waals surface area contributed by atoms with Crippen molar-refractivity contribution in [3.8, 4) is 0 Å². The lowest BCUT2D eigenvalue weighted by molar-refractivity contribution is -0.0454. The number of ether oxygens (including phenoxy) is 1. The SMILES string of the molecule is CCC(CC)(OC)C(Cc1ccc(F)cc1Br)NC. The zero-order valence-corrected chi connectivity index (χ0v) is 13.7. The van der Waals surface area contributed by atoms with Gasteiger partial charge in [-0.05, 0) is 44.0 Å². The highest BCUT2D eigenvalue weighted by molar-refractivity contribution is 9.10. The molecule has 1 unspecified atom stereocenters. The summed E-state index contributed by atoms with van der Waals surface area (Å²) in [7, 11) is 3.71. The van der Waals surface area contributed by atoms with Crippen LogP contribution in [0.25, 0.3) is 0 Å². The molecule has 1 atom stereocenters. The summed E-state index contributed by atoms with van der Waals surface area (Å²) < 4.78 is 19.7. The van der Waals surface area contributed by atoms with E-state index < -0.39 is 0 Å². The molecule has 1 aromatic rings. The molecule has 1 rings (SSSR count). The van der Waals surface area contributed by atoms with Gasteiger partial charge in [0.05, 0.1) is 5.60 Å². The van der Waals surface area contributed by atoms with Crippen LogP contribution in [-0.4, -0.2) is 25.8 Å². The van der Waals surface area contributed by atoms with E-state index in [4.69, 9.17) is 4.74 Å². The van der Waals surface area contributed by atoms with Crippen LogP contribution in [0.2, 0.25) is 0 Å². The molecule has 0 aliphatic carbocycles. The Hall–Kier alpha value is -0.450. The van der Waals surface area contributed by atoms with Gasteiger partial charge in [0, 0.05) is 17.6 Å². The van der Waals surface area contributed by atoms with Gasteiger partial charge in [-0.25, -0.2) is 4.39 Å². The summed E-state index contributed by atoms with van der Waals surface area (Å²) in [5, 5.41) is 3.35. The van der Waals surface area contributed by atoms with E-state index in [0.29, 0.717) is 0 Å². The Kier molecular flexibility index (Phi) is 6.43. The monoisotopic (exact) mass is 331 g/mol. The standard InChI is InChI=1S/C15H23BrFNO/c1-5-15(6-2,19-4)14(18-3)9-11-7-8-12(17)10-13(11)16/h7-8,10,14,18H,5-6,9H2,1-4H3. The maximum atomic E-state index is 13.1. The van der Waals surface area contributed by atoms with Crippen LogP contribution >= 0.6 is 15.9 Å². The van der Waals surface area contributed by atoms with Crippen molar-refractivity contribution in [1.82, 2.24) is 5.32 Å². The van der Waals surface area contributed by atoms with Crippen molar-refractivity contribution in [3.63, 3.8) is 0 Å². The third kappa shape index (κ3) is 3.77. The first-order valence-corrected chi connectivity index (χ1v) is 7.48. The van der Waals surface area contributed by atoms with Crippen molar-refractivity contribution in [1.29, 1.82) is 0 Å². The number of hydrogen-bond acceptors (Lipinski definition) is 2. The first-order chi connectivity index (χ1) is 9.02. The van der Waals surface area contributed by atoms with Crippen LogP contribution in [0.4, 0.5) is 4.39 Å². The fraction of sp³-hybridized carbons (Fsp3) is 0.600. The molecule has 0 aromatic heterocycles. The topological polar surface area (TPSA) is 21.3 Å². The quantitative estimate of drug-likeness (QED) is 0.817. The number of likely N-dealkylation sites (N-methyl/N-ethyl adjacent to an activating group) is 1. The van der Waals surface area contributed by atoms with E-state index in [1.165, 1.54) is 12.1 Å². The number of halogens is 2. The van der Waals surface area contributed by atoms with E-state index >= 15 is 0 Å². The van der Waals surface area contributed by atoms with E-state index in [2.05, 4.69) is 35.1 Å². The fourth-order valence-corrected chi connectivity index (χ4v) is 3.14. The molecular formula is C15H23BrFNO. The minimum atomic E-state index is -0.222. The number of hydrogen-bond donors (Lipinski definition) is 1. The molecule has 0 bridgehead atoms. The summed E-state index contributed by atoms with van der Waals surface area (Å²) in [5.74, 6) is -0.222. The maximum absolute atomic E-state index is 13.1. The van der Waals surface area contributed by atoms with Gasteiger partial charge in [0.2, 0.25) is 0 Å². The molecule has 19 heavy (non-hydrogen) atoms. The molecule has 0 fully saturated rings. The average molecular weight is 332 g/mol. The number of rotatable bonds is 7. The number of methoxy groups -OCH3 is 1. The van der Waals surface area contributed by atoms with Crippen molar-refractivity contribution < 1.29 is 9.13 Å². The van der Waals surface area contributed by atoms with Gasteiger partial charge >= 0.3 is 0 Å². The second-order valence-electron chi connectivity index (χ2n) is 4.76. The molecule has 108 valence electrons. The number of nitrogens with one attached hydrogen (secondary N) is 1. The highest BCUT2D eigenvalue weighted by Gasteiger charge is 2.35. The Morgan fingerprint density at radius 1 is 1.37 bits per heavy atom. The van der Waals surface area contributed by atoms with Crippen molar-refractivity contribution in [2.45, 2.75) is 44.8 Å². The molecule has 0 aliphatic heterocycles. The minimum Gasteiger partial charge on any atom is -0.377 e. The molecule has 0 saturated carbocycles. The lowest BCUT2D eigenvalue weighted by Crippen LogP contribution is -2.51. The summed E-state index contributed by atoms with van der Waals surface area (Å²) in [6.07, 6.45) is 2.67. The van der Waals surface area contributed by atoms with Crippen LogP contribution in [0.15, 0.2) is 22.7 Å². The van der Waals surface area contributed by atoms with Crippen LogP contribution in [0.3, 0.4) is 0 Å². The van der Waals surface area contributed by atoms with E-state index in [0.717, 1.165) is 29.3 Å². The molecule has 1 aromatic carbocycles. The van der Waals surface area contributed by atoms with Gasteiger partial charge in [0.1, 0.15) is 5.82 Å². The van der Waals surface area contributed by atoms with Crippen LogP contribution < -0.4 is 5.32 Å². The van der Waals surface area contributed by atoms with E-state index in [-0.39, 0.29) is 17.5 Å². The predicted molar refractivity (Wildman–Crippen MR) is 81.0 cm³/mol. The molecular weight excluding hydrogens is 309 g/mol. The van der Waals surface area contributed by atoms with E-state index in [1.54, 1.807) is 7.11 Å². The molecule has 0 aliphatic rings. The molecule has 2 nitrogen and oxygen atoms in total. The van der Waals surface area contributed by atoms with Crippen molar-refractivity contribution in [3.05, 3.63) is 34.1 Å².